The summed E-state index contributed by atoms with van der Waals surface area (Å²) in [5.41, 5.74) is 1.15. The molecule has 88 valence electrons. The Morgan fingerprint density at radius 2 is 2.38 bits per heavy atom. The van der Waals surface area contributed by atoms with E-state index in [-0.39, 0.29) is 6.10 Å². The van der Waals surface area contributed by atoms with E-state index in [0.717, 1.165) is 38.2 Å². The highest BCUT2D eigenvalue weighted by Gasteiger charge is 2.23. The maximum absolute atomic E-state index is 9.64. The molecule has 0 bridgehead atoms. The molecule has 2 unspecified atom stereocenters. The van der Waals surface area contributed by atoms with Gasteiger partial charge in [0.05, 0.1) is 6.10 Å². The number of hydrogen-bond donors (Lipinski definition) is 1. The van der Waals surface area contributed by atoms with Gasteiger partial charge in [0.25, 0.3) is 0 Å². The Morgan fingerprint density at radius 3 is 3.06 bits per heavy atom. The fourth-order valence-electron chi connectivity index (χ4n) is 2.24. The molecule has 1 aromatic rings. The largest absolute Gasteiger partial charge is 0.393 e. The average Bonchev–Trinajstić information content (AvgIpc) is 2.32. The molecule has 0 aromatic carbocycles. The van der Waals surface area contributed by atoms with Crippen LogP contribution in [-0.4, -0.2) is 40.7 Å². The van der Waals surface area contributed by atoms with Crippen LogP contribution in [0, 0.1) is 5.92 Å². The Kier molecular flexibility index (Phi) is 3.91. The monoisotopic (exact) mass is 220 g/mol. The minimum absolute atomic E-state index is 0.105. The lowest BCUT2D eigenvalue weighted by Gasteiger charge is -2.34. The van der Waals surface area contributed by atoms with E-state index in [9.17, 15) is 5.11 Å². The van der Waals surface area contributed by atoms with Crippen molar-refractivity contribution in [3.05, 3.63) is 30.1 Å². The van der Waals surface area contributed by atoms with Crippen molar-refractivity contribution in [1.82, 2.24) is 9.88 Å². The fraction of sp³-hybridized carbons (Fsp3) is 0.615. The van der Waals surface area contributed by atoms with E-state index in [4.69, 9.17) is 0 Å². The third-order valence-electron chi connectivity index (χ3n) is 3.35. The second-order valence-corrected chi connectivity index (χ2v) is 4.70. The van der Waals surface area contributed by atoms with Gasteiger partial charge < -0.3 is 10.0 Å². The van der Waals surface area contributed by atoms with Crippen LogP contribution in [0.1, 0.15) is 19.0 Å². The van der Waals surface area contributed by atoms with Crippen LogP contribution >= 0.6 is 0 Å². The first kappa shape index (κ1) is 11.6. The number of pyridine rings is 1. The van der Waals surface area contributed by atoms with Crippen molar-refractivity contribution >= 4 is 0 Å². The minimum Gasteiger partial charge on any atom is -0.393 e. The van der Waals surface area contributed by atoms with Crippen LogP contribution in [0.15, 0.2) is 24.4 Å². The van der Waals surface area contributed by atoms with Gasteiger partial charge in [0.15, 0.2) is 0 Å². The number of aromatic nitrogens is 1. The number of aliphatic hydroxyl groups is 1. The predicted octanol–water partition coefficient (Wildman–Crippen LogP) is 1.33. The maximum atomic E-state index is 9.64. The molecule has 0 spiro atoms. The summed E-state index contributed by atoms with van der Waals surface area (Å²) in [6, 6.07) is 6.05. The van der Waals surface area contributed by atoms with E-state index in [1.165, 1.54) is 0 Å². The zero-order valence-corrected chi connectivity index (χ0v) is 9.84. The van der Waals surface area contributed by atoms with Gasteiger partial charge in [-0.25, -0.2) is 0 Å². The van der Waals surface area contributed by atoms with Crippen LogP contribution in [0.25, 0.3) is 0 Å². The second kappa shape index (κ2) is 5.41. The number of rotatable bonds is 3. The van der Waals surface area contributed by atoms with Crippen LogP contribution in [0.5, 0.6) is 0 Å². The lowest BCUT2D eigenvalue weighted by molar-refractivity contribution is 0.0355. The molecule has 0 aliphatic carbocycles. The van der Waals surface area contributed by atoms with Crippen LogP contribution in [0.4, 0.5) is 0 Å². The quantitative estimate of drug-likeness (QED) is 0.835. The minimum atomic E-state index is -0.105. The Hall–Kier alpha value is -0.930. The van der Waals surface area contributed by atoms with Gasteiger partial charge in [-0.2, -0.15) is 0 Å². The third kappa shape index (κ3) is 3.03. The van der Waals surface area contributed by atoms with E-state index in [1.807, 2.05) is 18.3 Å². The molecule has 1 aromatic heterocycles. The highest BCUT2D eigenvalue weighted by Crippen LogP contribution is 2.16. The van der Waals surface area contributed by atoms with Gasteiger partial charge in [0, 0.05) is 37.9 Å². The SMILES string of the molecule is CC1CN(CCc2ccccn2)CCC1O. The van der Waals surface area contributed by atoms with E-state index < -0.39 is 0 Å². The summed E-state index contributed by atoms with van der Waals surface area (Å²) in [6.07, 6.45) is 3.65. The van der Waals surface area contributed by atoms with Crippen molar-refractivity contribution < 1.29 is 5.11 Å². The van der Waals surface area contributed by atoms with Gasteiger partial charge in [-0.15, -0.1) is 0 Å². The predicted molar refractivity (Wildman–Crippen MR) is 64.2 cm³/mol. The number of nitrogens with zero attached hydrogens (tertiary/aromatic N) is 2. The van der Waals surface area contributed by atoms with Crippen molar-refractivity contribution in [3.63, 3.8) is 0 Å². The summed E-state index contributed by atoms with van der Waals surface area (Å²) in [7, 11) is 0. The average molecular weight is 220 g/mol. The molecule has 3 nitrogen and oxygen atoms in total. The second-order valence-electron chi connectivity index (χ2n) is 4.70. The molecule has 2 heterocycles. The smallest absolute Gasteiger partial charge is 0.0590 e. The summed E-state index contributed by atoms with van der Waals surface area (Å²) in [5, 5.41) is 9.64. The van der Waals surface area contributed by atoms with Crippen molar-refractivity contribution in [1.29, 1.82) is 0 Å². The van der Waals surface area contributed by atoms with Crippen molar-refractivity contribution in [2.24, 2.45) is 5.92 Å². The summed E-state index contributed by atoms with van der Waals surface area (Å²) >= 11 is 0. The lowest BCUT2D eigenvalue weighted by atomic mass is 9.96. The summed E-state index contributed by atoms with van der Waals surface area (Å²) in [6.45, 7) is 5.19. The molecule has 2 rings (SSSR count). The molecule has 0 radical (unpaired) electrons. The van der Waals surface area contributed by atoms with Gasteiger partial charge in [-0.1, -0.05) is 13.0 Å². The molecule has 2 atom stereocenters. The van der Waals surface area contributed by atoms with Gasteiger partial charge in [-0.05, 0) is 24.5 Å². The van der Waals surface area contributed by atoms with Gasteiger partial charge in [-0.3, -0.25) is 4.98 Å². The first-order valence-corrected chi connectivity index (χ1v) is 6.06. The zero-order valence-electron chi connectivity index (χ0n) is 9.84. The summed E-state index contributed by atoms with van der Waals surface area (Å²) in [5.74, 6) is 0.400. The van der Waals surface area contributed by atoms with E-state index in [0.29, 0.717) is 5.92 Å². The molecule has 1 aliphatic rings. The van der Waals surface area contributed by atoms with Crippen molar-refractivity contribution in [3.8, 4) is 0 Å². The summed E-state index contributed by atoms with van der Waals surface area (Å²) in [4.78, 5) is 6.74. The highest BCUT2D eigenvalue weighted by atomic mass is 16.3. The van der Waals surface area contributed by atoms with Gasteiger partial charge in [0.2, 0.25) is 0 Å². The molecule has 3 heteroatoms. The molecule has 0 saturated carbocycles. The molecule has 1 fully saturated rings. The van der Waals surface area contributed by atoms with Gasteiger partial charge >= 0.3 is 0 Å². The number of likely N-dealkylation sites (tertiary alicyclic amines) is 1. The third-order valence-corrected chi connectivity index (χ3v) is 3.35. The molecular formula is C13H20N2O. The Balaban J connectivity index is 1.79. The Labute approximate surface area is 97.1 Å². The maximum Gasteiger partial charge on any atom is 0.0590 e. The molecule has 16 heavy (non-hydrogen) atoms. The first-order chi connectivity index (χ1) is 7.75. The standard InChI is InChI=1S/C13H20N2O/c1-11-10-15(9-6-13(11)16)8-5-12-4-2-3-7-14-12/h2-4,7,11,13,16H,5-6,8-10H2,1H3. The van der Waals surface area contributed by atoms with Crippen LogP contribution in [-0.2, 0) is 6.42 Å². The zero-order chi connectivity index (χ0) is 11.4. The van der Waals surface area contributed by atoms with Gasteiger partial charge in [0.1, 0.15) is 0 Å². The number of aliphatic hydroxyl groups excluding tert-OH is 1. The van der Waals surface area contributed by atoms with E-state index in [1.54, 1.807) is 0 Å². The van der Waals surface area contributed by atoms with Crippen LogP contribution in [0.2, 0.25) is 0 Å². The molecule has 1 N–H and O–H groups in total. The lowest BCUT2D eigenvalue weighted by Crippen LogP contribution is -2.42. The van der Waals surface area contributed by atoms with Crippen LogP contribution in [0.3, 0.4) is 0 Å². The molecule has 1 saturated heterocycles. The number of hydrogen-bond acceptors (Lipinski definition) is 3. The van der Waals surface area contributed by atoms with E-state index in [2.05, 4.69) is 22.9 Å². The molecular weight excluding hydrogens is 200 g/mol. The van der Waals surface area contributed by atoms with E-state index >= 15 is 0 Å². The highest BCUT2D eigenvalue weighted by molar-refractivity contribution is 5.03. The number of piperidine rings is 1. The fourth-order valence-corrected chi connectivity index (χ4v) is 2.24. The van der Waals surface area contributed by atoms with Crippen molar-refractivity contribution in [2.45, 2.75) is 25.9 Å². The Bertz CT molecular complexity index is 315. The summed E-state index contributed by atoms with van der Waals surface area (Å²) < 4.78 is 0. The first-order valence-electron chi connectivity index (χ1n) is 6.06. The normalized spacial score (nSPS) is 26.9. The van der Waals surface area contributed by atoms with Crippen LogP contribution < -0.4 is 0 Å². The van der Waals surface area contributed by atoms with Crippen molar-refractivity contribution in [2.75, 3.05) is 19.6 Å². The Morgan fingerprint density at radius 1 is 1.50 bits per heavy atom. The topological polar surface area (TPSA) is 36.4 Å². The molecule has 0 amide bonds. The molecule has 1 aliphatic heterocycles.